The zero-order valence-corrected chi connectivity index (χ0v) is 16.4. The molecule has 0 aliphatic rings. The molecule has 0 spiro atoms. The molecule has 0 saturated carbocycles. The summed E-state index contributed by atoms with van der Waals surface area (Å²) in [5, 5.41) is 0. The standard InChI is InChI=1S/C19H13N5.3ClH/c1-2-7-13-12(6-1)21-18(22-13)16-10-5-11-17(20-16)19-23-14-8-3-4-9-15(14)24-19;;;/h1-11H,(H,21,22)(H,23,24);3*1H. The number of imidazole rings is 2. The minimum absolute atomic E-state index is 0. The van der Waals surface area contributed by atoms with Crippen LogP contribution in [0.3, 0.4) is 0 Å². The van der Waals surface area contributed by atoms with E-state index in [0.717, 1.165) is 45.1 Å². The van der Waals surface area contributed by atoms with Gasteiger partial charge in [-0.05, 0) is 36.4 Å². The Morgan fingerprint density at radius 1 is 0.481 bits per heavy atom. The SMILES string of the molecule is Cl.Cl.Cl.c1cc(-c2nc3ccccc3[nH]2)nc(-c2nc3ccccc3[nH]2)c1. The first kappa shape index (κ1) is 20.7. The number of para-hydroxylation sites is 4. The van der Waals surface area contributed by atoms with Gasteiger partial charge in [0.25, 0.3) is 0 Å². The minimum atomic E-state index is 0. The molecule has 0 amide bonds. The van der Waals surface area contributed by atoms with Gasteiger partial charge >= 0.3 is 0 Å². The molecule has 5 rings (SSSR count). The van der Waals surface area contributed by atoms with Crippen LogP contribution in [-0.4, -0.2) is 24.9 Å². The highest BCUT2D eigenvalue weighted by Crippen LogP contribution is 2.23. The molecule has 5 nitrogen and oxygen atoms in total. The topological polar surface area (TPSA) is 70.2 Å². The number of H-pyrrole nitrogens is 2. The number of nitrogens with one attached hydrogen (secondary N) is 2. The Morgan fingerprint density at radius 2 is 0.926 bits per heavy atom. The summed E-state index contributed by atoms with van der Waals surface area (Å²) >= 11 is 0. The van der Waals surface area contributed by atoms with Crippen LogP contribution in [0.1, 0.15) is 0 Å². The fourth-order valence-corrected chi connectivity index (χ4v) is 2.85. The summed E-state index contributed by atoms with van der Waals surface area (Å²) in [6.07, 6.45) is 0. The van der Waals surface area contributed by atoms with E-state index in [-0.39, 0.29) is 37.2 Å². The van der Waals surface area contributed by atoms with E-state index >= 15 is 0 Å². The molecule has 0 unspecified atom stereocenters. The van der Waals surface area contributed by atoms with Crippen molar-refractivity contribution in [2.24, 2.45) is 0 Å². The van der Waals surface area contributed by atoms with Gasteiger partial charge < -0.3 is 9.97 Å². The largest absolute Gasteiger partial charge is 0.337 e. The van der Waals surface area contributed by atoms with Crippen molar-refractivity contribution < 1.29 is 0 Å². The highest BCUT2D eigenvalue weighted by atomic mass is 35.5. The highest BCUT2D eigenvalue weighted by molar-refractivity contribution is 5.86. The molecule has 8 heteroatoms. The van der Waals surface area contributed by atoms with Gasteiger partial charge in [-0.1, -0.05) is 30.3 Å². The van der Waals surface area contributed by atoms with Gasteiger partial charge in [-0.25, -0.2) is 15.0 Å². The minimum Gasteiger partial charge on any atom is -0.337 e. The Kier molecular flexibility index (Phi) is 6.44. The molecule has 2 aromatic carbocycles. The summed E-state index contributed by atoms with van der Waals surface area (Å²) in [5.74, 6) is 1.52. The number of hydrogen-bond donors (Lipinski definition) is 2. The van der Waals surface area contributed by atoms with Crippen LogP contribution in [0.2, 0.25) is 0 Å². The smallest absolute Gasteiger partial charge is 0.157 e. The summed E-state index contributed by atoms with van der Waals surface area (Å²) < 4.78 is 0. The number of hydrogen-bond acceptors (Lipinski definition) is 3. The Morgan fingerprint density at radius 3 is 1.37 bits per heavy atom. The molecule has 0 bridgehead atoms. The van der Waals surface area contributed by atoms with E-state index in [4.69, 9.17) is 4.98 Å². The third kappa shape index (κ3) is 3.76. The Labute approximate surface area is 173 Å². The maximum Gasteiger partial charge on any atom is 0.157 e. The number of benzene rings is 2. The van der Waals surface area contributed by atoms with Crippen LogP contribution in [0, 0.1) is 0 Å². The van der Waals surface area contributed by atoms with Gasteiger partial charge in [0.2, 0.25) is 0 Å². The number of pyridine rings is 1. The molecule has 5 aromatic rings. The number of aromatic amines is 2. The zero-order valence-electron chi connectivity index (χ0n) is 13.9. The molecule has 138 valence electrons. The van der Waals surface area contributed by atoms with E-state index in [2.05, 4.69) is 19.9 Å². The summed E-state index contributed by atoms with van der Waals surface area (Å²) in [6, 6.07) is 21.8. The van der Waals surface area contributed by atoms with Crippen LogP contribution in [0.25, 0.3) is 45.1 Å². The lowest BCUT2D eigenvalue weighted by molar-refractivity contribution is 1.20. The molecule has 3 aromatic heterocycles. The molecular formula is C19H16Cl3N5. The molecule has 0 atom stereocenters. The van der Waals surface area contributed by atoms with Gasteiger partial charge in [0, 0.05) is 0 Å². The number of nitrogens with zero attached hydrogens (tertiary/aromatic N) is 3. The van der Waals surface area contributed by atoms with E-state index in [1.54, 1.807) is 0 Å². The van der Waals surface area contributed by atoms with Crippen molar-refractivity contribution in [1.29, 1.82) is 0 Å². The number of rotatable bonds is 2. The fraction of sp³-hybridized carbons (Fsp3) is 0. The molecule has 2 N–H and O–H groups in total. The Hall–Kier alpha value is -2.60. The Balaban J connectivity index is 0.000000871. The molecule has 0 aliphatic heterocycles. The van der Waals surface area contributed by atoms with Crippen LogP contribution in [0.4, 0.5) is 0 Å². The van der Waals surface area contributed by atoms with Gasteiger partial charge in [0.05, 0.1) is 22.1 Å². The van der Waals surface area contributed by atoms with E-state index in [9.17, 15) is 0 Å². The second-order valence-corrected chi connectivity index (χ2v) is 5.61. The van der Waals surface area contributed by atoms with Gasteiger partial charge in [-0.15, -0.1) is 37.2 Å². The lowest BCUT2D eigenvalue weighted by atomic mass is 10.3. The first-order valence-electron chi connectivity index (χ1n) is 7.74. The van der Waals surface area contributed by atoms with Gasteiger partial charge in [0.1, 0.15) is 11.4 Å². The first-order valence-corrected chi connectivity index (χ1v) is 7.74. The fourth-order valence-electron chi connectivity index (χ4n) is 2.85. The molecular weight excluding hydrogens is 405 g/mol. The number of halogens is 3. The van der Waals surface area contributed by atoms with E-state index < -0.39 is 0 Å². The van der Waals surface area contributed by atoms with Crippen molar-refractivity contribution in [2.75, 3.05) is 0 Å². The van der Waals surface area contributed by atoms with Crippen molar-refractivity contribution in [3.8, 4) is 23.0 Å². The van der Waals surface area contributed by atoms with Crippen molar-refractivity contribution in [1.82, 2.24) is 24.9 Å². The van der Waals surface area contributed by atoms with E-state index in [1.807, 2.05) is 66.7 Å². The van der Waals surface area contributed by atoms with Gasteiger partial charge in [-0.2, -0.15) is 0 Å². The van der Waals surface area contributed by atoms with Crippen molar-refractivity contribution in [2.45, 2.75) is 0 Å². The predicted molar refractivity (Wildman–Crippen MR) is 116 cm³/mol. The quantitative estimate of drug-likeness (QED) is 0.400. The van der Waals surface area contributed by atoms with E-state index in [1.165, 1.54) is 0 Å². The molecule has 0 radical (unpaired) electrons. The maximum absolute atomic E-state index is 4.72. The maximum atomic E-state index is 4.72. The molecule has 0 saturated heterocycles. The zero-order chi connectivity index (χ0) is 15.9. The van der Waals surface area contributed by atoms with Crippen molar-refractivity contribution in [3.63, 3.8) is 0 Å². The van der Waals surface area contributed by atoms with Crippen LogP contribution in [-0.2, 0) is 0 Å². The normalized spacial score (nSPS) is 10.1. The molecule has 27 heavy (non-hydrogen) atoms. The summed E-state index contributed by atoms with van der Waals surface area (Å²) in [4.78, 5) is 20.6. The molecule has 0 aliphatic carbocycles. The molecule has 3 heterocycles. The monoisotopic (exact) mass is 419 g/mol. The average Bonchev–Trinajstić information content (AvgIpc) is 3.26. The molecule has 0 fully saturated rings. The second kappa shape index (κ2) is 8.39. The summed E-state index contributed by atoms with van der Waals surface area (Å²) in [7, 11) is 0. The third-order valence-electron chi connectivity index (χ3n) is 4.01. The van der Waals surface area contributed by atoms with Gasteiger partial charge in [-0.3, -0.25) is 0 Å². The predicted octanol–water partition coefficient (Wildman–Crippen LogP) is 5.43. The Bertz CT molecular complexity index is 1030. The van der Waals surface area contributed by atoms with Crippen LogP contribution < -0.4 is 0 Å². The summed E-state index contributed by atoms with van der Waals surface area (Å²) in [5.41, 5.74) is 5.46. The highest BCUT2D eigenvalue weighted by Gasteiger charge is 2.10. The lowest BCUT2D eigenvalue weighted by Crippen LogP contribution is -1.90. The van der Waals surface area contributed by atoms with Gasteiger partial charge in [0.15, 0.2) is 11.6 Å². The van der Waals surface area contributed by atoms with Crippen LogP contribution in [0.15, 0.2) is 66.7 Å². The van der Waals surface area contributed by atoms with Crippen molar-refractivity contribution in [3.05, 3.63) is 66.7 Å². The lowest BCUT2D eigenvalue weighted by Gasteiger charge is -1.99. The van der Waals surface area contributed by atoms with E-state index in [0.29, 0.717) is 0 Å². The second-order valence-electron chi connectivity index (χ2n) is 5.61. The van der Waals surface area contributed by atoms with Crippen molar-refractivity contribution >= 4 is 59.3 Å². The number of aromatic nitrogens is 5. The summed E-state index contributed by atoms with van der Waals surface area (Å²) in [6.45, 7) is 0. The number of fused-ring (bicyclic) bond motifs is 2. The average molecular weight is 421 g/mol. The third-order valence-corrected chi connectivity index (χ3v) is 4.01. The van der Waals surface area contributed by atoms with Crippen LogP contribution >= 0.6 is 37.2 Å². The first-order chi connectivity index (χ1) is 11.9. The van der Waals surface area contributed by atoms with Crippen LogP contribution in [0.5, 0.6) is 0 Å².